The maximum absolute atomic E-state index is 13.0. The van der Waals surface area contributed by atoms with Gasteiger partial charge >= 0.3 is 5.97 Å². The molecule has 0 fully saturated rings. The van der Waals surface area contributed by atoms with Gasteiger partial charge in [-0.15, -0.1) is 0 Å². The largest absolute Gasteiger partial charge is 0.478 e. The smallest absolute Gasteiger partial charge is 0.328 e. The third-order valence-corrected chi connectivity index (χ3v) is 6.06. The highest BCUT2D eigenvalue weighted by molar-refractivity contribution is 6.11. The summed E-state index contributed by atoms with van der Waals surface area (Å²) in [6.45, 7) is 4.36. The molecule has 0 spiro atoms. The molecule has 0 saturated carbocycles. The number of rotatable bonds is 19. The summed E-state index contributed by atoms with van der Waals surface area (Å²) in [5.74, 6) is -1.15. The summed E-state index contributed by atoms with van der Waals surface area (Å²) in [4.78, 5) is 24.4. The van der Waals surface area contributed by atoms with Crippen LogP contribution < -0.4 is 0 Å². The lowest BCUT2D eigenvalue weighted by atomic mass is 9.84. The molecule has 0 unspecified atom stereocenters. The van der Waals surface area contributed by atoms with E-state index in [2.05, 4.69) is 13.8 Å². The molecule has 1 aromatic carbocycles. The molecule has 3 nitrogen and oxygen atoms in total. The Kier molecular flexibility index (Phi) is 15.5. The molecule has 0 amide bonds. The monoisotopic (exact) mass is 428 g/mol. The van der Waals surface area contributed by atoms with Gasteiger partial charge in [-0.05, 0) is 18.8 Å². The van der Waals surface area contributed by atoms with Crippen LogP contribution in [0, 0.1) is 5.92 Å². The number of Topliss-reactive ketones (excluding diaryl/α,β-unsaturated/α-hetero) is 1. The number of hydrogen-bond acceptors (Lipinski definition) is 2. The van der Waals surface area contributed by atoms with E-state index >= 15 is 0 Å². The molecule has 0 aliphatic heterocycles. The lowest BCUT2D eigenvalue weighted by Gasteiger charge is -2.19. The fraction of sp³-hybridized carbons (Fsp3) is 0.643. The van der Waals surface area contributed by atoms with Gasteiger partial charge in [0.15, 0.2) is 5.78 Å². The van der Waals surface area contributed by atoms with Crippen LogP contribution in [0.25, 0.3) is 0 Å². The Morgan fingerprint density at radius 3 is 1.74 bits per heavy atom. The van der Waals surface area contributed by atoms with Crippen molar-refractivity contribution in [2.75, 3.05) is 0 Å². The van der Waals surface area contributed by atoms with Crippen LogP contribution in [0.15, 0.2) is 42.0 Å². The van der Waals surface area contributed by atoms with E-state index in [4.69, 9.17) is 0 Å². The fourth-order valence-electron chi connectivity index (χ4n) is 4.29. The van der Waals surface area contributed by atoms with Crippen LogP contribution in [-0.4, -0.2) is 16.9 Å². The second-order valence-corrected chi connectivity index (χ2v) is 8.80. The fourth-order valence-corrected chi connectivity index (χ4v) is 4.29. The standard InChI is InChI=1S/C28H44O3/c1-3-5-6-7-8-9-10-11-12-13-14-16-20-24(19-4-2)26(23-27(29)30)28(31)25-21-17-15-18-22-25/h15,17-18,21-24H,3-14,16,19-20H2,1-2H3,(H,29,30)/b26-23-/t24-/m1/s1. The minimum absolute atomic E-state index is 0.0249. The second-order valence-electron chi connectivity index (χ2n) is 8.80. The van der Waals surface area contributed by atoms with Crippen molar-refractivity contribution in [1.82, 2.24) is 0 Å². The van der Waals surface area contributed by atoms with Gasteiger partial charge < -0.3 is 5.11 Å². The van der Waals surface area contributed by atoms with Crippen molar-refractivity contribution in [3.63, 3.8) is 0 Å². The Labute approximate surface area is 190 Å². The van der Waals surface area contributed by atoms with Crippen molar-refractivity contribution < 1.29 is 14.7 Å². The summed E-state index contributed by atoms with van der Waals surface area (Å²) in [5, 5.41) is 9.34. The highest BCUT2D eigenvalue weighted by atomic mass is 16.4. The number of carbonyl (C=O) groups excluding carboxylic acids is 1. The minimum Gasteiger partial charge on any atom is -0.478 e. The summed E-state index contributed by atoms with van der Waals surface area (Å²) in [5.41, 5.74) is 1.04. The zero-order valence-corrected chi connectivity index (χ0v) is 19.9. The van der Waals surface area contributed by atoms with Crippen molar-refractivity contribution >= 4 is 11.8 Å². The molecule has 1 rings (SSSR count). The summed E-state index contributed by atoms with van der Waals surface area (Å²) in [7, 11) is 0. The third-order valence-electron chi connectivity index (χ3n) is 6.06. The van der Waals surface area contributed by atoms with E-state index < -0.39 is 5.97 Å². The van der Waals surface area contributed by atoms with Crippen molar-refractivity contribution in [2.24, 2.45) is 5.92 Å². The molecule has 0 bridgehead atoms. The topological polar surface area (TPSA) is 54.4 Å². The van der Waals surface area contributed by atoms with E-state index in [1.54, 1.807) is 12.1 Å². The Morgan fingerprint density at radius 1 is 0.742 bits per heavy atom. The number of allylic oxidation sites excluding steroid dienone is 1. The average molecular weight is 429 g/mol. The number of benzene rings is 1. The maximum atomic E-state index is 13.0. The number of ketones is 1. The molecule has 174 valence electrons. The predicted molar refractivity (Wildman–Crippen MR) is 131 cm³/mol. The van der Waals surface area contributed by atoms with E-state index in [-0.39, 0.29) is 11.7 Å². The molecule has 0 heterocycles. The van der Waals surface area contributed by atoms with Gasteiger partial charge in [-0.2, -0.15) is 0 Å². The quantitative estimate of drug-likeness (QED) is 0.137. The van der Waals surface area contributed by atoms with E-state index in [1.165, 1.54) is 64.2 Å². The van der Waals surface area contributed by atoms with Crippen LogP contribution in [0.5, 0.6) is 0 Å². The first-order valence-electron chi connectivity index (χ1n) is 12.6. The van der Waals surface area contributed by atoms with Crippen LogP contribution in [0.4, 0.5) is 0 Å². The summed E-state index contributed by atoms with van der Waals surface area (Å²) in [6.07, 6.45) is 19.5. The zero-order chi connectivity index (χ0) is 22.7. The second kappa shape index (κ2) is 17.7. The van der Waals surface area contributed by atoms with Crippen LogP contribution in [0.2, 0.25) is 0 Å². The molecule has 31 heavy (non-hydrogen) atoms. The number of hydrogen-bond donors (Lipinski definition) is 1. The van der Waals surface area contributed by atoms with Gasteiger partial charge in [0.2, 0.25) is 0 Å². The van der Waals surface area contributed by atoms with E-state index in [9.17, 15) is 14.7 Å². The minimum atomic E-state index is -1.03. The van der Waals surface area contributed by atoms with Gasteiger partial charge in [0.05, 0.1) is 0 Å². The third kappa shape index (κ3) is 12.5. The Balaban J connectivity index is 2.40. The lowest BCUT2D eigenvalue weighted by molar-refractivity contribution is -0.131. The zero-order valence-electron chi connectivity index (χ0n) is 19.9. The van der Waals surface area contributed by atoms with Gasteiger partial charge in [-0.3, -0.25) is 4.79 Å². The molecule has 1 aromatic rings. The first kappa shape index (κ1) is 27.1. The number of unbranched alkanes of at least 4 members (excludes halogenated alkanes) is 11. The Hall–Kier alpha value is -1.90. The number of carboxylic acids is 1. The van der Waals surface area contributed by atoms with Gasteiger partial charge in [0.25, 0.3) is 0 Å². The van der Waals surface area contributed by atoms with E-state index in [0.29, 0.717) is 11.1 Å². The lowest BCUT2D eigenvalue weighted by Crippen LogP contribution is -2.16. The molecule has 0 saturated heterocycles. The molecule has 0 aliphatic carbocycles. The van der Waals surface area contributed by atoms with Crippen LogP contribution in [0.1, 0.15) is 121 Å². The molecule has 0 radical (unpaired) electrons. The molecule has 3 heteroatoms. The van der Waals surface area contributed by atoms with Gasteiger partial charge in [0.1, 0.15) is 0 Å². The van der Waals surface area contributed by atoms with Crippen LogP contribution in [0.3, 0.4) is 0 Å². The molecule has 1 N–H and O–H groups in total. The number of aliphatic carboxylic acids is 1. The highest BCUT2D eigenvalue weighted by Gasteiger charge is 2.22. The van der Waals surface area contributed by atoms with Crippen LogP contribution >= 0.6 is 0 Å². The first-order chi connectivity index (χ1) is 15.1. The van der Waals surface area contributed by atoms with Crippen molar-refractivity contribution in [2.45, 2.75) is 110 Å². The van der Waals surface area contributed by atoms with E-state index in [0.717, 1.165) is 38.2 Å². The maximum Gasteiger partial charge on any atom is 0.328 e. The van der Waals surface area contributed by atoms with Gasteiger partial charge in [-0.1, -0.05) is 128 Å². The summed E-state index contributed by atoms with van der Waals surface area (Å²) in [6, 6.07) is 9.06. The molecule has 0 aromatic heterocycles. The molecular formula is C28H44O3. The number of carboxylic acid groups (broad SMARTS) is 1. The van der Waals surface area contributed by atoms with Crippen molar-refractivity contribution in [1.29, 1.82) is 0 Å². The van der Waals surface area contributed by atoms with Gasteiger partial charge in [0, 0.05) is 17.2 Å². The summed E-state index contributed by atoms with van der Waals surface area (Å²) < 4.78 is 0. The number of carbonyl (C=O) groups is 2. The van der Waals surface area contributed by atoms with Gasteiger partial charge in [-0.25, -0.2) is 4.79 Å². The highest BCUT2D eigenvalue weighted by Crippen LogP contribution is 2.27. The van der Waals surface area contributed by atoms with Crippen molar-refractivity contribution in [3.05, 3.63) is 47.5 Å². The first-order valence-corrected chi connectivity index (χ1v) is 12.6. The normalized spacial score (nSPS) is 12.6. The molecule has 0 aliphatic rings. The molecule has 1 atom stereocenters. The van der Waals surface area contributed by atoms with Crippen LogP contribution in [-0.2, 0) is 4.79 Å². The summed E-state index contributed by atoms with van der Waals surface area (Å²) >= 11 is 0. The SMILES string of the molecule is CCCCCCCCCCCCCC[C@@H](CCC)/C(=C/C(=O)O)C(=O)c1ccccc1. The Bertz CT molecular complexity index is 633. The molecular weight excluding hydrogens is 384 g/mol. The van der Waals surface area contributed by atoms with Crippen molar-refractivity contribution in [3.8, 4) is 0 Å². The Morgan fingerprint density at radius 2 is 1.26 bits per heavy atom. The van der Waals surface area contributed by atoms with E-state index in [1.807, 2.05) is 18.2 Å². The predicted octanol–water partition coefficient (Wildman–Crippen LogP) is 8.39. The average Bonchev–Trinajstić information content (AvgIpc) is 2.77.